The van der Waals surface area contributed by atoms with Gasteiger partial charge in [-0.15, -0.1) is 0 Å². The predicted molar refractivity (Wildman–Crippen MR) is 168 cm³/mol. The van der Waals surface area contributed by atoms with Crippen LogP contribution in [-0.4, -0.2) is 45.1 Å². The minimum atomic E-state index is -5.59. The number of alkyl halides is 5. The average Bonchev–Trinajstić information content (AvgIpc) is 3.30. The zero-order chi connectivity index (χ0) is 34.5. The molecule has 1 aromatic carbocycles. The Labute approximate surface area is 278 Å². The standard InChI is InChI=1S/C33H48F5O7PS/c1-31-17-16-27-26-12-11-24(44-21-45-46(40,41)42)20-23(26)19-22(30(27)28(31)13-14-29(31)39)9-7-5-3-2-4-6-8-10-25(47-43)15-18-32(34,35)33(36,37)38/h11-12,20,22,25,27-30,39H,2-10,13-19,21H2,1H3,(H-,40,41,42)/p+1/t22-,25?,27?,28+,29+,30-,31+/m1/s1. The molecule has 0 radical (unpaired) electrons. The van der Waals surface area contributed by atoms with E-state index in [0.29, 0.717) is 42.3 Å². The van der Waals surface area contributed by atoms with Crippen LogP contribution in [0.3, 0.4) is 0 Å². The van der Waals surface area contributed by atoms with E-state index in [-0.39, 0.29) is 23.2 Å². The highest BCUT2D eigenvalue weighted by molar-refractivity contribution is 7.66. The molecule has 0 spiro atoms. The van der Waals surface area contributed by atoms with Crippen LogP contribution in [-0.2, 0) is 31.4 Å². The highest BCUT2D eigenvalue weighted by Gasteiger charge is 2.58. The molecule has 4 rings (SSSR count). The molecule has 14 heteroatoms. The number of aliphatic hydroxyl groups is 1. The van der Waals surface area contributed by atoms with E-state index in [0.717, 1.165) is 77.0 Å². The Kier molecular flexibility index (Phi) is 13.3. The van der Waals surface area contributed by atoms with Gasteiger partial charge in [-0.05, 0) is 97.3 Å². The molecule has 0 bridgehead atoms. The minimum absolute atomic E-state index is 0.0668. The molecule has 3 aliphatic carbocycles. The van der Waals surface area contributed by atoms with Crippen LogP contribution in [0.5, 0.6) is 5.75 Å². The first-order valence-electron chi connectivity index (χ1n) is 16.9. The van der Waals surface area contributed by atoms with Gasteiger partial charge >= 0.3 is 31.6 Å². The van der Waals surface area contributed by atoms with E-state index in [1.165, 1.54) is 11.1 Å². The van der Waals surface area contributed by atoms with Gasteiger partial charge in [0, 0.05) is 23.5 Å². The van der Waals surface area contributed by atoms with Crippen molar-refractivity contribution in [2.45, 2.75) is 139 Å². The first kappa shape index (κ1) is 38.6. The summed E-state index contributed by atoms with van der Waals surface area (Å²) in [4.78, 5) is 17.9. The monoisotopic (exact) mass is 715 g/mol. The lowest BCUT2D eigenvalue weighted by atomic mass is 9.52. The number of halogens is 5. The van der Waals surface area contributed by atoms with Crippen LogP contribution in [0.1, 0.15) is 120 Å². The molecule has 7 nitrogen and oxygen atoms in total. The molecular formula is C33H49F5O7PS+. The van der Waals surface area contributed by atoms with E-state index >= 15 is 0 Å². The van der Waals surface area contributed by atoms with Crippen molar-refractivity contribution in [1.82, 2.24) is 0 Å². The number of rotatable bonds is 18. The fourth-order valence-corrected chi connectivity index (χ4v) is 9.33. The third-order valence-electron chi connectivity index (χ3n) is 11.2. The maximum Gasteiger partial charge on any atom is 0.472 e. The van der Waals surface area contributed by atoms with Crippen LogP contribution >= 0.6 is 7.82 Å². The molecular weight excluding hydrogens is 666 g/mol. The summed E-state index contributed by atoms with van der Waals surface area (Å²) in [7, 11) is -4.63. The molecule has 2 saturated carbocycles. The Balaban J connectivity index is 1.25. The SMILES string of the molecule is C[C@]12CCC3c4ccc(OCOP(=O)(O)O)cc4C[C@@H](CCCCCCCCCC(CCC(F)(F)C(F)(F)F)[S+]=O)[C@H]3[C@@H]1CC[C@@H]2O. The Hall–Kier alpha value is -1.24. The van der Waals surface area contributed by atoms with Gasteiger partial charge in [0.15, 0.2) is 6.79 Å². The zero-order valence-corrected chi connectivity index (χ0v) is 28.6. The van der Waals surface area contributed by atoms with E-state index in [1.807, 2.05) is 12.1 Å². The van der Waals surface area contributed by atoms with Gasteiger partial charge in [-0.1, -0.05) is 51.5 Å². The molecule has 0 aliphatic heterocycles. The number of aliphatic hydroxyl groups excluding tert-OH is 1. The second-order valence-corrected chi connectivity index (χ2v) is 16.2. The quantitative estimate of drug-likeness (QED) is 0.0458. The van der Waals surface area contributed by atoms with Gasteiger partial charge in [-0.3, -0.25) is 0 Å². The third-order valence-corrected chi connectivity index (χ3v) is 12.4. The second-order valence-electron chi connectivity index (χ2n) is 14.1. The lowest BCUT2D eigenvalue weighted by molar-refractivity contribution is -0.284. The van der Waals surface area contributed by atoms with E-state index in [9.17, 15) is 35.8 Å². The fraction of sp³-hybridized carbons (Fsp3) is 0.818. The van der Waals surface area contributed by atoms with Gasteiger partial charge in [-0.2, -0.15) is 22.0 Å². The van der Waals surface area contributed by atoms with Crippen molar-refractivity contribution in [3.8, 4) is 5.75 Å². The number of phosphoric acid groups is 1. The van der Waals surface area contributed by atoms with Crippen molar-refractivity contribution in [2.75, 3.05) is 6.79 Å². The molecule has 1 aromatic rings. The lowest BCUT2D eigenvalue weighted by Crippen LogP contribution is -2.47. The van der Waals surface area contributed by atoms with Crippen molar-refractivity contribution in [2.24, 2.45) is 23.2 Å². The largest absolute Gasteiger partial charge is 0.472 e. The van der Waals surface area contributed by atoms with Gasteiger partial charge in [0.05, 0.1) is 6.10 Å². The zero-order valence-electron chi connectivity index (χ0n) is 26.9. The molecule has 0 amide bonds. The Bertz CT molecular complexity index is 1230. The minimum Gasteiger partial charge on any atom is -0.467 e. The van der Waals surface area contributed by atoms with Crippen molar-refractivity contribution in [3.63, 3.8) is 0 Å². The summed E-state index contributed by atoms with van der Waals surface area (Å²) in [5, 5.41) is 10.2. The van der Waals surface area contributed by atoms with E-state index in [1.54, 1.807) is 0 Å². The number of benzene rings is 1. The molecule has 2 unspecified atom stereocenters. The summed E-state index contributed by atoms with van der Waals surface area (Å²) >= 11 is 0.118. The van der Waals surface area contributed by atoms with Gasteiger partial charge in [0.2, 0.25) is 5.25 Å². The van der Waals surface area contributed by atoms with Gasteiger partial charge < -0.3 is 19.6 Å². The number of ether oxygens (including phenoxy) is 1. The topological polar surface area (TPSA) is 113 Å². The summed E-state index contributed by atoms with van der Waals surface area (Å²) in [5.41, 5.74) is 2.44. The highest BCUT2D eigenvalue weighted by Crippen LogP contribution is 2.62. The fourth-order valence-electron chi connectivity index (χ4n) is 8.66. The molecule has 3 N–H and O–H groups in total. The molecule has 0 aromatic heterocycles. The third kappa shape index (κ3) is 9.94. The van der Waals surface area contributed by atoms with E-state index in [2.05, 4.69) is 17.5 Å². The van der Waals surface area contributed by atoms with Gasteiger partial charge in [0.1, 0.15) is 5.75 Å². The number of hydrogen-bond donors (Lipinski definition) is 3. The van der Waals surface area contributed by atoms with Crippen LogP contribution < -0.4 is 4.74 Å². The first-order valence-corrected chi connectivity index (χ1v) is 19.3. The predicted octanol–water partition coefficient (Wildman–Crippen LogP) is 8.86. The van der Waals surface area contributed by atoms with Crippen molar-refractivity contribution < 1.29 is 54.9 Å². The van der Waals surface area contributed by atoms with Crippen molar-refractivity contribution in [3.05, 3.63) is 29.3 Å². The van der Waals surface area contributed by atoms with Crippen molar-refractivity contribution in [1.29, 1.82) is 0 Å². The lowest BCUT2D eigenvalue weighted by Gasteiger charge is -2.53. The summed E-state index contributed by atoms with van der Waals surface area (Å²) in [6.45, 7) is 1.71. The van der Waals surface area contributed by atoms with Gasteiger partial charge in [-0.25, -0.2) is 9.09 Å². The summed E-state index contributed by atoms with van der Waals surface area (Å²) in [5.74, 6) is -2.49. The summed E-state index contributed by atoms with van der Waals surface area (Å²) in [6, 6.07) is 5.89. The van der Waals surface area contributed by atoms with E-state index < -0.39 is 44.8 Å². The summed E-state index contributed by atoms with van der Waals surface area (Å²) in [6.07, 6.45) is 4.96. The van der Waals surface area contributed by atoms with E-state index in [4.69, 9.17) is 14.5 Å². The maximum atomic E-state index is 13.2. The number of fused-ring (bicyclic) bond motifs is 5. The second kappa shape index (κ2) is 16.2. The Morgan fingerprint density at radius 3 is 2.34 bits per heavy atom. The molecule has 2 fully saturated rings. The van der Waals surface area contributed by atoms with Crippen LogP contribution in [0.25, 0.3) is 0 Å². The molecule has 7 atom stereocenters. The molecule has 0 heterocycles. The van der Waals surface area contributed by atoms with Crippen LogP contribution in [0.2, 0.25) is 0 Å². The highest BCUT2D eigenvalue weighted by atomic mass is 32.1. The molecule has 3 aliphatic rings. The molecule has 47 heavy (non-hydrogen) atoms. The number of hydrogen-bond acceptors (Lipinski definition) is 5. The van der Waals surface area contributed by atoms with Crippen molar-refractivity contribution >= 4 is 19.5 Å². The normalized spacial score (nSPS) is 28.3. The number of unbranched alkanes of at least 4 members (excludes halogenated alkanes) is 6. The van der Waals surface area contributed by atoms with Gasteiger partial charge in [0.25, 0.3) is 0 Å². The molecule has 268 valence electrons. The maximum absolute atomic E-state index is 13.2. The smallest absolute Gasteiger partial charge is 0.467 e. The van der Waals surface area contributed by atoms with Crippen LogP contribution in [0, 0.1) is 23.2 Å². The Morgan fingerprint density at radius 1 is 1.00 bits per heavy atom. The molecule has 0 saturated heterocycles. The average molecular weight is 716 g/mol. The van der Waals surface area contributed by atoms with Crippen LogP contribution in [0.15, 0.2) is 18.2 Å². The summed E-state index contributed by atoms with van der Waals surface area (Å²) < 4.78 is 95.8. The first-order chi connectivity index (χ1) is 22.1. The number of phosphoric ester groups is 1. The Morgan fingerprint density at radius 2 is 1.68 bits per heavy atom. The van der Waals surface area contributed by atoms with Crippen LogP contribution in [0.4, 0.5) is 22.0 Å².